The molecule has 0 spiro atoms. The highest BCUT2D eigenvalue weighted by atomic mass is 32.1. The smallest absolute Gasteiger partial charge is 0.0957 e. The van der Waals surface area contributed by atoms with Crippen LogP contribution < -0.4 is 5.32 Å². The lowest BCUT2D eigenvalue weighted by Crippen LogP contribution is -2.19. The highest BCUT2D eigenvalue weighted by molar-refractivity contribution is 7.18. The van der Waals surface area contributed by atoms with Crippen LogP contribution in [0.25, 0.3) is 10.2 Å². The molecule has 3 aromatic rings. The summed E-state index contributed by atoms with van der Waals surface area (Å²) >= 11 is 1.77. The van der Waals surface area contributed by atoms with E-state index in [0.717, 1.165) is 16.9 Å². The van der Waals surface area contributed by atoms with Crippen molar-refractivity contribution in [1.82, 2.24) is 20.1 Å². The highest BCUT2D eigenvalue weighted by Gasteiger charge is 2.17. The second-order valence-electron chi connectivity index (χ2n) is 4.93. The number of thiazole rings is 1. The minimum absolute atomic E-state index is 0.254. The molecule has 0 aliphatic carbocycles. The third kappa shape index (κ3) is 2.34. The summed E-state index contributed by atoms with van der Waals surface area (Å²) in [5.41, 5.74) is 3.53. The number of aryl methyl sites for hydroxylation is 1. The number of likely N-dealkylation sites (N-methyl/N-ethyl adjacent to an activating group) is 1. The van der Waals surface area contributed by atoms with Crippen LogP contribution in [0, 0.1) is 6.92 Å². The van der Waals surface area contributed by atoms with Gasteiger partial charge >= 0.3 is 0 Å². The lowest BCUT2D eigenvalue weighted by Gasteiger charge is -2.14. The first-order valence-corrected chi connectivity index (χ1v) is 7.51. The van der Waals surface area contributed by atoms with Gasteiger partial charge in [0.25, 0.3) is 0 Å². The van der Waals surface area contributed by atoms with Crippen LogP contribution in [0.4, 0.5) is 0 Å². The van der Waals surface area contributed by atoms with Gasteiger partial charge in [-0.1, -0.05) is 12.1 Å². The first kappa shape index (κ1) is 13.3. The van der Waals surface area contributed by atoms with Crippen molar-refractivity contribution in [2.45, 2.75) is 19.4 Å². The van der Waals surface area contributed by atoms with Gasteiger partial charge in [0.2, 0.25) is 0 Å². The summed E-state index contributed by atoms with van der Waals surface area (Å²) in [5, 5.41) is 8.87. The quantitative estimate of drug-likeness (QED) is 0.802. The van der Waals surface area contributed by atoms with Crippen molar-refractivity contribution in [3.63, 3.8) is 0 Å². The normalized spacial score (nSPS) is 12.9. The fraction of sp³-hybridized carbons (Fsp3) is 0.333. The monoisotopic (exact) mass is 286 g/mol. The number of hydrogen-bond donors (Lipinski definition) is 1. The van der Waals surface area contributed by atoms with Gasteiger partial charge in [-0.05, 0) is 26.1 Å². The van der Waals surface area contributed by atoms with Crippen LogP contribution in [-0.4, -0.2) is 21.8 Å². The SMILES string of the molecule is CNC(Cc1nc2ccccc2s1)c1cnn(C)c1C. The third-order valence-corrected chi connectivity index (χ3v) is 4.77. The molecule has 2 heterocycles. The molecule has 0 bridgehead atoms. The number of aromatic nitrogens is 3. The Morgan fingerprint density at radius 1 is 1.35 bits per heavy atom. The Hall–Kier alpha value is -1.72. The van der Waals surface area contributed by atoms with Crippen molar-refractivity contribution in [3.05, 3.63) is 46.7 Å². The molecular weight excluding hydrogens is 268 g/mol. The van der Waals surface area contributed by atoms with E-state index >= 15 is 0 Å². The maximum absolute atomic E-state index is 4.71. The van der Waals surface area contributed by atoms with Crippen molar-refractivity contribution >= 4 is 21.6 Å². The predicted octanol–water partition coefficient (Wildman–Crippen LogP) is 2.84. The second kappa shape index (κ2) is 5.34. The minimum Gasteiger partial charge on any atom is -0.313 e. The molecule has 0 aliphatic rings. The first-order chi connectivity index (χ1) is 9.69. The van der Waals surface area contributed by atoms with Crippen LogP contribution in [0.2, 0.25) is 0 Å². The molecule has 1 atom stereocenters. The van der Waals surface area contributed by atoms with E-state index in [9.17, 15) is 0 Å². The van der Waals surface area contributed by atoms with Crippen LogP contribution in [-0.2, 0) is 13.5 Å². The van der Waals surface area contributed by atoms with E-state index in [-0.39, 0.29) is 6.04 Å². The summed E-state index contributed by atoms with van der Waals surface area (Å²) in [6, 6.07) is 8.54. The van der Waals surface area contributed by atoms with Crippen LogP contribution in [0.1, 0.15) is 22.3 Å². The fourth-order valence-electron chi connectivity index (χ4n) is 2.41. The van der Waals surface area contributed by atoms with E-state index in [2.05, 4.69) is 35.5 Å². The largest absolute Gasteiger partial charge is 0.313 e. The van der Waals surface area contributed by atoms with Crippen molar-refractivity contribution in [2.24, 2.45) is 7.05 Å². The Kier molecular flexibility index (Phi) is 3.54. The Bertz CT molecular complexity index is 695. The maximum Gasteiger partial charge on any atom is 0.0957 e. The molecular formula is C15H18N4S. The van der Waals surface area contributed by atoms with Crippen molar-refractivity contribution in [3.8, 4) is 0 Å². The van der Waals surface area contributed by atoms with Gasteiger partial charge < -0.3 is 5.32 Å². The Balaban J connectivity index is 1.89. The zero-order valence-electron chi connectivity index (χ0n) is 11.9. The van der Waals surface area contributed by atoms with E-state index in [1.165, 1.54) is 16.0 Å². The summed E-state index contributed by atoms with van der Waals surface area (Å²) in [7, 11) is 3.97. The maximum atomic E-state index is 4.71. The summed E-state index contributed by atoms with van der Waals surface area (Å²) in [6.07, 6.45) is 2.84. The minimum atomic E-state index is 0.254. The van der Waals surface area contributed by atoms with Crippen molar-refractivity contribution < 1.29 is 0 Å². The molecule has 1 N–H and O–H groups in total. The Labute approximate surface area is 122 Å². The summed E-state index contributed by atoms with van der Waals surface area (Å²) in [5.74, 6) is 0. The standard InChI is InChI=1S/C15H18N4S/c1-10-11(9-17-19(10)3)13(16-2)8-15-18-12-6-4-5-7-14(12)20-15/h4-7,9,13,16H,8H2,1-3H3. The number of nitrogens with one attached hydrogen (secondary N) is 1. The number of hydrogen-bond acceptors (Lipinski definition) is 4. The summed E-state index contributed by atoms with van der Waals surface area (Å²) in [6.45, 7) is 2.10. The van der Waals surface area contributed by atoms with Crippen LogP contribution in [0.3, 0.4) is 0 Å². The van der Waals surface area contributed by atoms with Gasteiger partial charge in [0.05, 0.1) is 21.4 Å². The van der Waals surface area contributed by atoms with Gasteiger partial charge in [0.1, 0.15) is 0 Å². The van der Waals surface area contributed by atoms with E-state index < -0.39 is 0 Å². The van der Waals surface area contributed by atoms with Crippen molar-refractivity contribution in [1.29, 1.82) is 0 Å². The van der Waals surface area contributed by atoms with Crippen LogP contribution in [0.5, 0.6) is 0 Å². The second-order valence-corrected chi connectivity index (χ2v) is 6.04. The number of fused-ring (bicyclic) bond motifs is 1. The third-order valence-electron chi connectivity index (χ3n) is 3.71. The van der Waals surface area contributed by atoms with Gasteiger partial charge in [0, 0.05) is 30.8 Å². The van der Waals surface area contributed by atoms with Crippen LogP contribution >= 0.6 is 11.3 Å². The molecule has 3 rings (SSSR count). The van der Waals surface area contributed by atoms with E-state index in [4.69, 9.17) is 4.98 Å². The number of benzene rings is 1. The number of para-hydroxylation sites is 1. The topological polar surface area (TPSA) is 42.7 Å². The zero-order valence-corrected chi connectivity index (χ0v) is 12.7. The molecule has 4 nitrogen and oxygen atoms in total. The van der Waals surface area contributed by atoms with Gasteiger partial charge in [-0.3, -0.25) is 4.68 Å². The molecule has 104 valence electrons. The van der Waals surface area contributed by atoms with Gasteiger partial charge in [-0.15, -0.1) is 11.3 Å². The first-order valence-electron chi connectivity index (χ1n) is 6.69. The molecule has 1 aromatic carbocycles. The lowest BCUT2D eigenvalue weighted by atomic mass is 10.1. The number of rotatable bonds is 4. The Morgan fingerprint density at radius 3 is 2.80 bits per heavy atom. The molecule has 0 saturated heterocycles. The van der Waals surface area contributed by atoms with Gasteiger partial charge in [-0.25, -0.2) is 4.98 Å². The molecule has 0 saturated carbocycles. The predicted molar refractivity (Wildman–Crippen MR) is 83.1 cm³/mol. The molecule has 20 heavy (non-hydrogen) atoms. The van der Waals surface area contributed by atoms with E-state index in [1.54, 1.807) is 11.3 Å². The fourth-order valence-corrected chi connectivity index (χ4v) is 3.42. The summed E-state index contributed by atoms with van der Waals surface area (Å²) in [4.78, 5) is 4.71. The molecule has 0 fully saturated rings. The summed E-state index contributed by atoms with van der Waals surface area (Å²) < 4.78 is 3.16. The van der Waals surface area contributed by atoms with Gasteiger partial charge in [0.15, 0.2) is 0 Å². The van der Waals surface area contributed by atoms with Crippen LogP contribution in [0.15, 0.2) is 30.5 Å². The van der Waals surface area contributed by atoms with Gasteiger partial charge in [-0.2, -0.15) is 5.10 Å². The average molecular weight is 286 g/mol. The Morgan fingerprint density at radius 2 is 2.15 bits per heavy atom. The molecule has 0 radical (unpaired) electrons. The van der Waals surface area contributed by atoms with E-state index in [1.807, 2.05) is 31.0 Å². The molecule has 1 unspecified atom stereocenters. The molecule has 0 aliphatic heterocycles. The molecule has 0 amide bonds. The van der Waals surface area contributed by atoms with Crippen molar-refractivity contribution in [2.75, 3.05) is 7.05 Å². The number of nitrogens with zero attached hydrogens (tertiary/aromatic N) is 3. The van der Waals surface area contributed by atoms with E-state index in [0.29, 0.717) is 0 Å². The highest BCUT2D eigenvalue weighted by Crippen LogP contribution is 2.27. The molecule has 5 heteroatoms. The average Bonchev–Trinajstić information content (AvgIpc) is 3.01. The lowest BCUT2D eigenvalue weighted by molar-refractivity contribution is 0.585. The molecule has 2 aromatic heterocycles. The zero-order chi connectivity index (χ0) is 14.1.